The maximum atomic E-state index is 12.9. The van der Waals surface area contributed by atoms with Gasteiger partial charge in [-0.05, 0) is 43.5 Å². The van der Waals surface area contributed by atoms with Crippen LogP contribution in [0, 0.1) is 6.92 Å². The van der Waals surface area contributed by atoms with Gasteiger partial charge in [-0.2, -0.15) is 0 Å². The Labute approximate surface area is 158 Å². The highest BCUT2D eigenvalue weighted by Gasteiger charge is 2.35. The first-order valence-corrected chi connectivity index (χ1v) is 9.58. The number of Topliss-reactive ketones (excluding diaryl/α,β-unsaturated/α-hetero) is 1. The van der Waals surface area contributed by atoms with E-state index in [0.717, 1.165) is 29.0 Å². The molecule has 1 fully saturated rings. The van der Waals surface area contributed by atoms with Crippen LogP contribution in [-0.4, -0.2) is 28.4 Å². The zero-order valence-corrected chi connectivity index (χ0v) is 15.4. The largest absolute Gasteiger partial charge is 0.477 e. The van der Waals surface area contributed by atoms with Crippen molar-refractivity contribution in [3.8, 4) is 11.5 Å². The predicted molar refractivity (Wildman–Crippen MR) is 102 cm³/mol. The summed E-state index contributed by atoms with van der Waals surface area (Å²) in [4.78, 5) is 19.4. The van der Waals surface area contributed by atoms with Crippen molar-refractivity contribution in [2.45, 2.75) is 45.2 Å². The SMILES string of the molecule is Cc1c2c(cc3c1O/C(=C\c1cccnc1)C3=O)CN(C1CCCC1)CO2. The maximum Gasteiger partial charge on any atom is 0.231 e. The minimum Gasteiger partial charge on any atom is -0.477 e. The summed E-state index contributed by atoms with van der Waals surface area (Å²) in [6.45, 7) is 3.43. The highest BCUT2D eigenvalue weighted by Crippen LogP contribution is 2.43. The van der Waals surface area contributed by atoms with Crippen molar-refractivity contribution in [3.05, 3.63) is 58.6 Å². The average molecular weight is 362 g/mol. The minimum atomic E-state index is -0.0715. The summed E-state index contributed by atoms with van der Waals surface area (Å²) >= 11 is 0. The van der Waals surface area contributed by atoms with E-state index in [2.05, 4.69) is 9.88 Å². The van der Waals surface area contributed by atoms with Gasteiger partial charge in [0.1, 0.15) is 18.2 Å². The summed E-state index contributed by atoms with van der Waals surface area (Å²) in [7, 11) is 0. The summed E-state index contributed by atoms with van der Waals surface area (Å²) in [6, 6.07) is 6.30. The van der Waals surface area contributed by atoms with Gasteiger partial charge in [-0.1, -0.05) is 18.9 Å². The Kier molecular flexibility index (Phi) is 3.97. The first-order valence-electron chi connectivity index (χ1n) is 9.58. The molecule has 0 atom stereocenters. The van der Waals surface area contributed by atoms with E-state index >= 15 is 0 Å². The summed E-state index contributed by atoms with van der Waals surface area (Å²) in [5.41, 5.74) is 3.48. The Morgan fingerprint density at radius 3 is 2.89 bits per heavy atom. The normalized spacial score (nSPS) is 21.1. The molecule has 5 nitrogen and oxygen atoms in total. The molecule has 3 heterocycles. The van der Waals surface area contributed by atoms with Gasteiger partial charge < -0.3 is 9.47 Å². The lowest BCUT2D eigenvalue weighted by molar-refractivity contribution is 0.0570. The number of aromatic nitrogens is 1. The van der Waals surface area contributed by atoms with Crippen molar-refractivity contribution in [3.63, 3.8) is 0 Å². The highest BCUT2D eigenvalue weighted by molar-refractivity contribution is 6.15. The second-order valence-corrected chi connectivity index (χ2v) is 7.55. The van der Waals surface area contributed by atoms with E-state index in [0.29, 0.717) is 29.8 Å². The fourth-order valence-corrected chi connectivity index (χ4v) is 4.38. The number of hydrogen-bond acceptors (Lipinski definition) is 5. The number of nitrogens with zero attached hydrogens (tertiary/aromatic N) is 2. The van der Waals surface area contributed by atoms with E-state index in [9.17, 15) is 4.79 Å². The van der Waals surface area contributed by atoms with Gasteiger partial charge in [-0.15, -0.1) is 0 Å². The number of pyridine rings is 1. The first kappa shape index (κ1) is 16.5. The quantitative estimate of drug-likeness (QED) is 0.753. The summed E-state index contributed by atoms with van der Waals surface area (Å²) in [5.74, 6) is 1.77. The molecule has 1 saturated carbocycles. The van der Waals surface area contributed by atoms with Crippen LogP contribution in [0.1, 0.15) is 52.7 Å². The molecule has 0 bridgehead atoms. The van der Waals surface area contributed by atoms with Crippen molar-refractivity contribution >= 4 is 11.9 Å². The van der Waals surface area contributed by atoms with Gasteiger partial charge in [0.2, 0.25) is 5.78 Å². The van der Waals surface area contributed by atoms with Crippen LogP contribution in [0.25, 0.3) is 6.08 Å². The number of hydrogen-bond donors (Lipinski definition) is 0. The molecule has 1 aromatic carbocycles. The lowest BCUT2D eigenvalue weighted by atomic mass is 9.99. The van der Waals surface area contributed by atoms with Crippen molar-refractivity contribution in [2.24, 2.45) is 0 Å². The Morgan fingerprint density at radius 1 is 1.26 bits per heavy atom. The number of allylic oxidation sites excluding steroid dienone is 1. The smallest absolute Gasteiger partial charge is 0.231 e. The van der Waals surface area contributed by atoms with E-state index in [1.807, 2.05) is 25.1 Å². The first-order chi connectivity index (χ1) is 13.2. The lowest BCUT2D eigenvalue weighted by Gasteiger charge is -2.34. The number of benzene rings is 1. The van der Waals surface area contributed by atoms with Crippen molar-refractivity contribution in [1.82, 2.24) is 9.88 Å². The Morgan fingerprint density at radius 2 is 2.11 bits per heavy atom. The van der Waals surface area contributed by atoms with E-state index in [4.69, 9.17) is 9.47 Å². The predicted octanol–water partition coefficient (Wildman–Crippen LogP) is 4.10. The molecule has 0 amide bonds. The molecule has 0 saturated heterocycles. The Bertz CT molecular complexity index is 930. The number of ether oxygens (including phenoxy) is 2. The Hall–Kier alpha value is -2.66. The van der Waals surface area contributed by atoms with E-state index in [-0.39, 0.29) is 5.78 Å². The standard InChI is InChI=1S/C22H22N2O3/c1-14-21-16(12-24(13-26-21)17-6-2-3-7-17)10-18-20(25)19(27-22(14)18)9-15-5-4-8-23-11-15/h4-5,8-11,17H,2-3,6-7,12-13H2,1H3/b19-9-. The monoisotopic (exact) mass is 362 g/mol. The molecule has 5 heteroatoms. The average Bonchev–Trinajstić information content (AvgIpc) is 3.33. The number of ketones is 1. The summed E-state index contributed by atoms with van der Waals surface area (Å²) in [5, 5.41) is 0. The lowest BCUT2D eigenvalue weighted by Crippen LogP contribution is -2.39. The summed E-state index contributed by atoms with van der Waals surface area (Å²) in [6.07, 6.45) is 10.2. The van der Waals surface area contributed by atoms with E-state index in [1.54, 1.807) is 18.5 Å². The number of rotatable bonds is 2. The molecule has 5 rings (SSSR count). The van der Waals surface area contributed by atoms with Gasteiger partial charge in [0.15, 0.2) is 5.76 Å². The number of fused-ring (bicyclic) bond motifs is 2. The van der Waals surface area contributed by atoms with Crippen LogP contribution < -0.4 is 9.47 Å². The fourth-order valence-electron chi connectivity index (χ4n) is 4.38. The van der Waals surface area contributed by atoms with Crippen molar-refractivity contribution < 1.29 is 14.3 Å². The second-order valence-electron chi connectivity index (χ2n) is 7.55. The van der Waals surface area contributed by atoms with Crippen LogP contribution >= 0.6 is 0 Å². The van der Waals surface area contributed by atoms with Crippen LogP contribution in [-0.2, 0) is 6.54 Å². The fraction of sp³-hybridized carbons (Fsp3) is 0.364. The van der Waals surface area contributed by atoms with Gasteiger partial charge >= 0.3 is 0 Å². The van der Waals surface area contributed by atoms with Gasteiger partial charge in [0, 0.05) is 36.1 Å². The van der Waals surface area contributed by atoms with Gasteiger partial charge in [0.05, 0.1) is 5.56 Å². The molecular formula is C22H22N2O3. The molecule has 0 unspecified atom stereocenters. The van der Waals surface area contributed by atoms with Crippen LogP contribution in [0.4, 0.5) is 0 Å². The van der Waals surface area contributed by atoms with Gasteiger partial charge in [-0.25, -0.2) is 0 Å². The van der Waals surface area contributed by atoms with Crippen LogP contribution in [0.15, 0.2) is 36.4 Å². The van der Waals surface area contributed by atoms with Crippen LogP contribution in [0.5, 0.6) is 11.5 Å². The molecule has 1 aromatic heterocycles. The van der Waals surface area contributed by atoms with Gasteiger partial charge in [0.25, 0.3) is 0 Å². The second kappa shape index (κ2) is 6.50. The summed E-state index contributed by atoms with van der Waals surface area (Å²) < 4.78 is 12.0. The number of carbonyl (C=O) groups excluding carboxylic acids is 1. The molecule has 3 aliphatic rings. The molecule has 0 N–H and O–H groups in total. The molecule has 27 heavy (non-hydrogen) atoms. The molecule has 138 valence electrons. The molecule has 2 aromatic rings. The topological polar surface area (TPSA) is 51.7 Å². The van der Waals surface area contributed by atoms with Crippen molar-refractivity contribution in [2.75, 3.05) is 6.73 Å². The minimum absolute atomic E-state index is 0.0715. The number of carbonyl (C=O) groups is 1. The molecule has 0 radical (unpaired) electrons. The zero-order chi connectivity index (χ0) is 18.4. The third-order valence-electron chi connectivity index (χ3n) is 5.79. The molecule has 1 aliphatic carbocycles. The third-order valence-corrected chi connectivity index (χ3v) is 5.79. The molecule has 0 spiro atoms. The maximum absolute atomic E-state index is 12.9. The molecule has 2 aliphatic heterocycles. The van der Waals surface area contributed by atoms with Crippen LogP contribution in [0.2, 0.25) is 0 Å². The van der Waals surface area contributed by atoms with E-state index in [1.165, 1.54) is 25.7 Å². The van der Waals surface area contributed by atoms with Gasteiger partial charge in [-0.3, -0.25) is 14.7 Å². The van der Waals surface area contributed by atoms with E-state index < -0.39 is 0 Å². The van der Waals surface area contributed by atoms with Crippen molar-refractivity contribution in [1.29, 1.82) is 0 Å². The highest BCUT2D eigenvalue weighted by atomic mass is 16.5. The van der Waals surface area contributed by atoms with Crippen LogP contribution in [0.3, 0.4) is 0 Å². The Balaban J connectivity index is 1.48. The molecular weight excluding hydrogens is 340 g/mol. The zero-order valence-electron chi connectivity index (χ0n) is 15.4. The third kappa shape index (κ3) is 2.82.